The Labute approximate surface area is 100 Å². The topological polar surface area (TPSA) is 60.4 Å². The van der Waals surface area contributed by atoms with E-state index in [4.69, 9.17) is 14.9 Å². The second-order valence-corrected chi connectivity index (χ2v) is 3.79. The van der Waals surface area contributed by atoms with E-state index < -0.39 is 0 Å². The smallest absolute Gasteiger partial charge is 0.143 e. The van der Waals surface area contributed by atoms with Crippen molar-refractivity contribution in [1.82, 2.24) is 0 Å². The molecule has 0 aliphatic heterocycles. The first-order valence-electron chi connectivity index (χ1n) is 5.42. The van der Waals surface area contributed by atoms with Crippen molar-refractivity contribution in [2.24, 2.45) is 0 Å². The fourth-order valence-electron chi connectivity index (χ4n) is 1.64. The van der Waals surface area contributed by atoms with Crippen LogP contribution >= 0.6 is 0 Å². The molecule has 0 atom stereocenters. The Kier molecular flexibility index (Phi) is 3.23. The average Bonchev–Trinajstić information content (AvgIpc) is 2.74. The van der Waals surface area contributed by atoms with Crippen LogP contribution in [0.3, 0.4) is 0 Å². The SMILES string of the molecule is COc1cccc(NCc2ccc(C)o2)c1N. The van der Waals surface area contributed by atoms with E-state index in [1.807, 2.05) is 37.3 Å². The lowest BCUT2D eigenvalue weighted by atomic mass is 10.2. The molecule has 1 aromatic carbocycles. The maximum atomic E-state index is 5.95. The molecule has 0 amide bonds. The van der Waals surface area contributed by atoms with Gasteiger partial charge in [0.25, 0.3) is 0 Å². The molecule has 4 nitrogen and oxygen atoms in total. The number of aryl methyl sites for hydroxylation is 1. The summed E-state index contributed by atoms with van der Waals surface area (Å²) in [7, 11) is 1.60. The number of rotatable bonds is 4. The predicted molar refractivity (Wildman–Crippen MR) is 68.2 cm³/mol. The van der Waals surface area contributed by atoms with Gasteiger partial charge in [-0.25, -0.2) is 0 Å². The molecule has 1 aromatic heterocycles. The van der Waals surface area contributed by atoms with E-state index in [1.54, 1.807) is 7.11 Å². The number of nitrogens with one attached hydrogen (secondary N) is 1. The molecule has 17 heavy (non-hydrogen) atoms. The number of methoxy groups -OCH3 is 1. The van der Waals surface area contributed by atoms with Crippen LogP contribution < -0.4 is 15.8 Å². The summed E-state index contributed by atoms with van der Waals surface area (Å²) in [5.74, 6) is 2.45. The summed E-state index contributed by atoms with van der Waals surface area (Å²) in [6.07, 6.45) is 0. The quantitative estimate of drug-likeness (QED) is 0.796. The standard InChI is InChI=1S/C13H16N2O2/c1-9-6-7-10(17-9)8-15-11-4-3-5-12(16-2)13(11)14/h3-7,15H,8,14H2,1-2H3. The maximum Gasteiger partial charge on any atom is 0.143 e. The average molecular weight is 232 g/mol. The molecule has 4 heteroatoms. The van der Waals surface area contributed by atoms with E-state index in [0.717, 1.165) is 17.2 Å². The summed E-state index contributed by atoms with van der Waals surface area (Å²) in [6.45, 7) is 2.52. The number of hydrogen-bond donors (Lipinski definition) is 2. The first-order chi connectivity index (χ1) is 8.20. The van der Waals surface area contributed by atoms with E-state index in [2.05, 4.69) is 5.32 Å². The van der Waals surface area contributed by atoms with Gasteiger partial charge >= 0.3 is 0 Å². The summed E-state index contributed by atoms with van der Waals surface area (Å²) in [6, 6.07) is 9.51. The van der Waals surface area contributed by atoms with E-state index in [9.17, 15) is 0 Å². The van der Waals surface area contributed by atoms with Crippen LogP contribution in [0.25, 0.3) is 0 Å². The number of anilines is 2. The zero-order chi connectivity index (χ0) is 12.3. The van der Waals surface area contributed by atoms with Gasteiger partial charge in [0.2, 0.25) is 0 Å². The normalized spacial score (nSPS) is 10.2. The third kappa shape index (κ3) is 2.53. The molecule has 3 N–H and O–H groups in total. The highest BCUT2D eigenvalue weighted by Gasteiger charge is 2.05. The van der Waals surface area contributed by atoms with Gasteiger partial charge in [0, 0.05) is 0 Å². The minimum Gasteiger partial charge on any atom is -0.495 e. The van der Waals surface area contributed by atoms with E-state index >= 15 is 0 Å². The van der Waals surface area contributed by atoms with Crippen LogP contribution in [0.15, 0.2) is 34.7 Å². The van der Waals surface area contributed by atoms with Crippen LogP contribution in [0.5, 0.6) is 5.75 Å². The number of hydrogen-bond acceptors (Lipinski definition) is 4. The van der Waals surface area contributed by atoms with Crippen molar-refractivity contribution in [3.8, 4) is 5.75 Å². The van der Waals surface area contributed by atoms with Crippen molar-refractivity contribution in [1.29, 1.82) is 0 Å². The van der Waals surface area contributed by atoms with Crippen LogP contribution in [-0.4, -0.2) is 7.11 Å². The molecule has 90 valence electrons. The van der Waals surface area contributed by atoms with Gasteiger partial charge in [0.1, 0.15) is 17.3 Å². The molecule has 0 saturated heterocycles. The Bertz CT molecular complexity index is 506. The minimum absolute atomic E-state index is 0.602. The summed E-state index contributed by atoms with van der Waals surface area (Å²) < 4.78 is 10.6. The Hall–Kier alpha value is -2.10. The zero-order valence-corrected chi connectivity index (χ0v) is 9.99. The van der Waals surface area contributed by atoms with Gasteiger partial charge in [-0.15, -0.1) is 0 Å². The lowest BCUT2D eigenvalue weighted by molar-refractivity contribution is 0.417. The van der Waals surface area contributed by atoms with Crippen molar-refractivity contribution < 1.29 is 9.15 Å². The fourth-order valence-corrected chi connectivity index (χ4v) is 1.64. The molecular formula is C13H16N2O2. The van der Waals surface area contributed by atoms with Crippen molar-refractivity contribution in [3.05, 3.63) is 41.9 Å². The highest BCUT2D eigenvalue weighted by atomic mass is 16.5. The number of nitrogen functional groups attached to an aromatic ring is 1. The van der Waals surface area contributed by atoms with Gasteiger partial charge in [-0.1, -0.05) is 6.07 Å². The number of nitrogens with two attached hydrogens (primary N) is 1. The molecule has 0 unspecified atom stereocenters. The molecule has 0 spiro atoms. The Morgan fingerprint density at radius 1 is 1.29 bits per heavy atom. The summed E-state index contributed by atoms with van der Waals surface area (Å²) in [5.41, 5.74) is 7.40. The minimum atomic E-state index is 0.602. The lowest BCUT2D eigenvalue weighted by Gasteiger charge is -2.11. The Morgan fingerprint density at radius 3 is 2.76 bits per heavy atom. The second kappa shape index (κ2) is 4.82. The maximum absolute atomic E-state index is 5.95. The third-order valence-corrected chi connectivity index (χ3v) is 2.54. The zero-order valence-electron chi connectivity index (χ0n) is 9.99. The molecule has 2 aromatic rings. The number of ether oxygens (including phenoxy) is 1. The van der Waals surface area contributed by atoms with Gasteiger partial charge in [-0.2, -0.15) is 0 Å². The second-order valence-electron chi connectivity index (χ2n) is 3.79. The molecule has 0 aliphatic carbocycles. The van der Waals surface area contributed by atoms with Crippen molar-refractivity contribution in [2.75, 3.05) is 18.2 Å². The Morgan fingerprint density at radius 2 is 2.12 bits per heavy atom. The van der Waals surface area contributed by atoms with Crippen LogP contribution in [0.1, 0.15) is 11.5 Å². The third-order valence-electron chi connectivity index (χ3n) is 2.54. The van der Waals surface area contributed by atoms with Gasteiger partial charge in [-0.3, -0.25) is 0 Å². The summed E-state index contributed by atoms with van der Waals surface area (Å²) in [5, 5.41) is 3.22. The van der Waals surface area contributed by atoms with Crippen molar-refractivity contribution >= 4 is 11.4 Å². The van der Waals surface area contributed by atoms with Crippen LogP contribution in [0.4, 0.5) is 11.4 Å². The molecule has 0 bridgehead atoms. The summed E-state index contributed by atoms with van der Waals surface area (Å²) in [4.78, 5) is 0. The predicted octanol–water partition coefficient (Wildman–Crippen LogP) is 2.79. The lowest BCUT2D eigenvalue weighted by Crippen LogP contribution is -2.03. The molecular weight excluding hydrogens is 216 g/mol. The van der Waals surface area contributed by atoms with Gasteiger partial charge < -0.3 is 20.2 Å². The van der Waals surface area contributed by atoms with Crippen LogP contribution in [-0.2, 0) is 6.54 Å². The van der Waals surface area contributed by atoms with E-state index in [0.29, 0.717) is 18.0 Å². The van der Waals surface area contributed by atoms with Crippen LogP contribution in [0, 0.1) is 6.92 Å². The highest BCUT2D eigenvalue weighted by molar-refractivity contribution is 5.72. The van der Waals surface area contributed by atoms with Gasteiger partial charge in [0.05, 0.1) is 25.0 Å². The molecule has 2 rings (SSSR count). The number of furan rings is 1. The van der Waals surface area contributed by atoms with Crippen molar-refractivity contribution in [3.63, 3.8) is 0 Å². The van der Waals surface area contributed by atoms with Gasteiger partial charge in [0.15, 0.2) is 0 Å². The first-order valence-corrected chi connectivity index (χ1v) is 5.42. The van der Waals surface area contributed by atoms with Gasteiger partial charge in [-0.05, 0) is 31.2 Å². The molecule has 1 heterocycles. The fraction of sp³-hybridized carbons (Fsp3) is 0.231. The Balaban J connectivity index is 2.09. The van der Waals surface area contributed by atoms with Crippen LogP contribution in [0.2, 0.25) is 0 Å². The monoisotopic (exact) mass is 232 g/mol. The largest absolute Gasteiger partial charge is 0.495 e. The molecule has 0 fully saturated rings. The molecule has 0 aliphatic rings. The molecule has 0 radical (unpaired) electrons. The summed E-state index contributed by atoms with van der Waals surface area (Å²) >= 11 is 0. The number of benzene rings is 1. The molecule has 0 saturated carbocycles. The van der Waals surface area contributed by atoms with E-state index in [1.165, 1.54) is 0 Å². The van der Waals surface area contributed by atoms with E-state index in [-0.39, 0.29) is 0 Å². The highest BCUT2D eigenvalue weighted by Crippen LogP contribution is 2.29. The first kappa shape index (κ1) is 11.4. The number of para-hydroxylation sites is 1. The van der Waals surface area contributed by atoms with Crippen molar-refractivity contribution in [2.45, 2.75) is 13.5 Å².